The van der Waals surface area contributed by atoms with Crippen molar-refractivity contribution in [1.82, 2.24) is 4.72 Å². The predicted molar refractivity (Wildman–Crippen MR) is 62.4 cm³/mol. The molecule has 0 aromatic carbocycles. The Balaban J connectivity index is 4.45. The Kier molecular flexibility index (Phi) is 5.82. The molecule has 0 rings (SSSR count). The van der Waals surface area contributed by atoms with Gasteiger partial charge in [-0.1, -0.05) is 27.2 Å². The molecule has 0 amide bonds. The van der Waals surface area contributed by atoms with Gasteiger partial charge in [-0.25, -0.2) is 13.1 Å². The summed E-state index contributed by atoms with van der Waals surface area (Å²) >= 11 is 0. The molecule has 0 bridgehead atoms. The average molecular weight is 235 g/mol. The fraction of sp³-hybridized carbons (Fsp3) is 0.889. The van der Waals surface area contributed by atoms with Crippen molar-refractivity contribution in [3.05, 3.63) is 0 Å². The van der Waals surface area contributed by atoms with E-state index in [-0.39, 0.29) is 17.5 Å². The van der Waals surface area contributed by atoms with Gasteiger partial charge >= 0.3 is 0 Å². The fourth-order valence-corrected chi connectivity index (χ4v) is 2.92. The highest BCUT2D eigenvalue weighted by Crippen LogP contribution is 2.02. The molecule has 6 heteroatoms. The van der Waals surface area contributed by atoms with Crippen LogP contribution in [0, 0.1) is 11.3 Å². The van der Waals surface area contributed by atoms with E-state index in [1.807, 2.05) is 20.8 Å². The maximum Gasteiger partial charge on any atom is 0.212 e. The molecule has 0 aromatic rings. The number of amidine groups is 1. The summed E-state index contributed by atoms with van der Waals surface area (Å²) in [7, 11) is -3.32. The van der Waals surface area contributed by atoms with Crippen LogP contribution in [0.25, 0.3) is 0 Å². The van der Waals surface area contributed by atoms with Crippen LogP contribution in [0.3, 0.4) is 0 Å². The molecule has 0 aliphatic heterocycles. The Morgan fingerprint density at radius 1 is 1.47 bits per heavy atom. The largest absolute Gasteiger partial charge is 0.386 e. The maximum atomic E-state index is 11.6. The summed E-state index contributed by atoms with van der Waals surface area (Å²) < 4.78 is 25.6. The molecule has 0 saturated carbocycles. The fourth-order valence-electron chi connectivity index (χ4n) is 1.27. The lowest BCUT2D eigenvalue weighted by Gasteiger charge is -2.17. The summed E-state index contributed by atoms with van der Waals surface area (Å²) in [5.41, 5.74) is 5.32. The van der Waals surface area contributed by atoms with Crippen LogP contribution in [0.2, 0.25) is 0 Å². The topological polar surface area (TPSA) is 96.0 Å². The van der Waals surface area contributed by atoms with E-state index in [2.05, 4.69) is 4.72 Å². The van der Waals surface area contributed by atoms with E-state index in [0.29, 0.717) is 6.42 Å². The normalized spacial score (nSPS) is 14.1. The van der Waals surface area contributed by atoms with E-state index in [1.165, 1.54) is 0 Å². The molecule has 5 nitrogen and oxygen atoms in total. The van der Waals surface area contributed by atoms with E-state index < -0.39 is 16.1 Å². The lowest BCUT2D eigenvalue weighted by Crippen LogP contribution is -2.45. The van der Waals surface area contributed by atoms with Crippen molar-refractivity contribution in [1.29, 1.82) is 5.41 Å². The van der Waals surface area contributed by atoms with Crippen LogP contribution in [0.4, 0.5) is 0 Å². The maximum absolute atomic E-state index is 11.6. The summed E-state index contributed by atoms with van der Waals surface area (Å²) in [4.78, 5) is 0. The molecule has 90 valence electrons. The molecule has 0 fully saturated rings. The van der Waals surface area contributed by atoms with Gasteiger partial charge in [0, 0.05) is 0 Å². The summed E-state index contributed by atoms with van der Waals surface area (Å²) in [5.74, 6) is 0.0152. The van der Waals surface area contributed by atoms with Gasteiger partial charge in [-0.2, -0.15) is 0 Å². The minimum atomic E-state index is -3.32. The standard InChI is InChI=1S/C9H21N3O2S/c1-4-5-8(9(10)11)12-15(13,14)6-7(2)3/h7-8,12H,4-6H2,1-3H3,(H3,10,11). The van der Waals surface area contributed by atoms with Crippen molar-refractivity contribution in [2.24, 2.45) is 11.7 Å². The van der Waals surface area contributed by atoms with Crippen LogP contribution in [0.1, 0.15) is 33.6 Å². The van der Waals surface area contributed by atoms with Gasteiger partial charge in [0.1, 0.15) is 5.84 Å². The Labute approximate surface area is 92.0 Å². The predicted octanol–water partition coefficient (Wildman–Crippen LogP) is 0.666. The van der Waals surface area contributed by atoms with E-state index in [0.717, 1.165) is 6.42 Å². The molecule has 0 aliphatic rings. The minimum absolute atomic E-state index is 0.0664. The number of hydrogen-bond donors (Lipinski definition) is 3. The molecule has 1 unspecified atom stereocenters. The van der Waals surface area contributed by atoms with E-state index >= 15 is 0 Å². The molecule has 0 heterocycles. The first-order valence-corrected chi connectivity index (χ1v) is 6.77. The third-order valence-electron chi connectivity index (χ3n) is 1.83. The first-order valence-electron chi connectivity index (χ1n) is 5.12. The quantitative estimate of drug-likeness (QED) is 0.447. The number of hydrogen-bond acceptors (Lipinski definition) is 3. The van der Waals surface area contributed by atoms with Crippen molar-refractivity contribution in [3.63, 3.8) is 0 Å². The zero-order chi connectivity index (χ0) is 12.1. The SMILES string of the molecule is CCCC(NS(=O)(=O)CC(C)C)C(=N)N. The van der Waals surface area contributed by atoms with E-state index in [4.69, 9.17) is 11.1 Å². The van der Waals surface area contributed by atoms with Crippen LogP contribution < -0.4 is 10.5 Å². The summed E-state index contributed by atoms with van der Waals surface area (Å²) in [5, 5.41) is 7.27. The molecule has 1 atom stereocenters. The number of nitrogens with two attached hydrogens (primary N) is 1. The second kappa shape index (κ2) is 6.07. The monoisotopic (exact) mass is 235 g/mol. The van der Waals surface area contributed by atoms with Gasteiger partial charge in [-0.15, -0.1) is 0 Å². The highest BCUT2D eigenvalue weighted by molar-refractivity contribution is 7.89. The van der Waals surface area contributed by atoms with Crippen molar-refractivity contribution >= 4 is 15.9 Å². The van der Waals surface area contributed by atoms with Gasteiger partial charge in [0.25, 0.3) is 0 Å². The molecule has 0 radical (unpaired) electrons. The van der Waals surface area contributed by atoms with Gasteiger partial charge < -0.3 is 5.73 Å². The molecule has 4 N–H and O–H groups in total. The van der Waals surface area contributed by atoms with Crippen molar-refractivity contribution in [2.45, 2.75) is 39.7 Å². The highest BCUT2D eigenvalue weighted by Gasteiger charge is 2.20. The minimum Gasteiger partial charge on any atom is -0.386 e. The van der Waals surface area contributed by atoms with Gasteiger partial charge in [0.2, 0.25) is 10.0 Å². The number of rotatable bonds is 7. The second-order valence-corrected chi connectivity index (χ2v) is 5.89. The zero-order valence-corrected chi connectivity index (χ0v) is 10.4. The van der Waals surface area contributed by atoms with Crippen molar-refractivity contribution in [2.75, 3.05) is 5.75 Å². The molecule has 0 spiro atoms. The lowest BCUT2D eigenvalue weighted by atomic mass is 10.2. The molecule has 0 saturated heterocycles. The molecule has 15 heavy (non-hydrogen) atoms. The number of sulfonamides is 1. The van der Waals surface area contributed by atoms with Crippen molar-refractivity contribution < 1.29 is 8.42 Å². The first-order chi connectivity index (χ1) is 6.78. The van der Waals surface area contributed by atoms with Gasteiger partial charge in [0.05, 0.1) is 11.8 Å². The van der Waals surface area contributed by atoms with E-state index in [9.17, 15) is 8.42 Å². The smallest absolute Gasteiger partial charge is 0.212 e. The van der Waals surface area contributed by atoms with Crippen molar-refractivity contribution in [3.8, 4) is 0 Å². The number of nitrogens with one attached hydrogen (secondary N) is 2. The summed E-state index contributed by atoms with van der Waals surface area (Å²) in [6, 6.07) is -0.557. The first kappa shape index (κ1) is 14.4. The third-order valence-corrected chi connectivity index (χ3v) is 3.58. The molecular formula is C9H21N3O2S. The van der Waals surface area contributed by atoms with Crippen LogP contribution in [0.5, 0.6) is 0 Å². The Morgan fingerprint density at radius 2 is 2.00 bits per heavy atom. The van der Waals surface area contributed by atoms with Crippen LogP contribution >= 0.6 is 0 Å². The molecular weight excluding hydrogens is 214 g/mol. The van der Waals surface area contributed by atoms with Crippen LogP contribution in [-0.2, 0) is 10.0 Å². The zero-order valence-electron chi connectivity index (χ0n) is 9.58. The highest BCUT2D eigenvalue weighted by atomic mass is 32.2. The molecule has 0 aliphatic carbocycles. The third kappa shape index (κ3) is 6.46. The van der Waals surface area contributed by atoms with Crippen LogP contribution in [0.15, 0.2) is 0 Å². The average Bonchev–Trinajstić information content (AvgIpc) is 2.00. The van der Waals surface area contributed by atoms with Gasteiger partial charge in [-0.3, -0.25) is 5.41 Å². The van der Waals surface area contributed by atoms with Crippen LogP contribution in [-0.4, -0.2) is 26.0 Å². The Morgan fingerprint density at radius 3 is 2.33 bits per heavy atom. The Bertz CT molecular complexity index is 298. The summed E-state index contributed by atoms with van der Waals surface area (Å²) in [6.07, 6.45) is 1.35. The lowest BCUT2D eigenvalue weighted by molar-refractivity contribution is 0.553. The molecule has 0 aromatic heterocycles. The van der Waals surface area contributed by atoms with Gasteiger partial charge in [0.15, 0.2) is 0 Å². The Hall–Kier alpha value is -0.620. The second-order valence-electron chi connectivity index (χ2n) is 4.09. The van der Waals surface area contributed by atoms with E-state index in [1.54, 1.807) is 0 Å². The van der Waals surface area contributed by atoms with Gasteiger partial charge in [-0.05, 0) is 12.3 Å². The summed E-state index contributed by atoms with van der Waals surface area (Å²) in [6.45, 7) is 5.59.